The van der Waals surface area contributed by atoms with E-state index in [-0.39, 0.29) is 12.1 Å². The standard InChI is InChI=1S/C18H27N5O2/c1-21-10-4-7-15(21)8-9-19-17(24)20-14-5-3-6-16(13-14)23-12-11-22(2)18(23)25/h3,5-6,13,15H,4,7-12H2,1-2H3,(H2,19,20,24)/t15-/m1/s1. The van der Waals surface area contributed by atoms with Crippen molar-refractivity contribution in [3.8, 4) is 0 Å². The van der Waals surface area contributed by atoms with Gasteiger partial charge >= 0.3 is 12.1 Å². The average molecular weight is 345 g/mol. The van der Waals surface area contributed by atoms with Gasteiger partial charge in [0.2, 0.25) is 0 Å². The minimum atomic E-state index is -0.206. The highest BCUT2D eigenvalue weighted by Crippen LogP contribution is 2.23. The van der Waals surface area contributed by atoms with Crippen LogP contribution in [0.4, 0.5) is 21.0 Å². The van der Waals surface area contributed by atoms with E-state index in [1.54, 1.807) is 16.8 Å². The molecule has 2 N–H and O–H groups in total. The van der Waals surface area contributed by atoms with Gasteiger partial charge in [-0.25, -0.2) is 9.59 Å². The number of likely N-dealkylation sites (tertiary alicyclic amines) is 1. The molecule has 0 bridgehead atoms. The van der Waals surface area contributed by atoms with E-state index in [1.165, 1.54) is 12.8 Å². The molecular weight excluding hydrogens is 318 g/mol. The van der Waals surface area contributed by atoms with E-state index in [9.17, 15) is 9.59 Å². The van der Waals surface area contributed by atoms with E-state index >= 15 is 0 Å². The van der Waals surface area contributed by atoms with Crippen LogP contribution in [0.3, 0.4) is 0 Å². The zero-order chi connectivity index (χ0) is 17.8. The van der Waals surface area contributed by atoms with Gasteiger partial charge in [0.15, 0.2) is 0 Å². The first-order valence-corrected chi connectivity index (χ1v) is 8.92. The Hall–Kier alpha value is -2.28. The third-order valence-electron chi connectivity index (χ3n) is 5.07. The number of anilines is 2. The Labute approximate surface area is 149 Å². The Balaban J connectivity index is 1.50. The van der Waals surface area contributed by atoms with Gasteiger partial charge in [-0.2, -0.15) is 0 Å². The van der Waals surface area contributed by atoms with Crippen LogP contribution in [0.15, 0.2) is 24.3 Å². The maximum atomic E-state index is 12.1. The molecule has 136 valence electrons. The van der Waals surface area contributed by atoms with Gasteiger partial charge < -0.3 is 20.4 Å². The lowest BCUT2D eigenvalue weighted by atomic mass is 10.1. The van der Waals surface area contributed by atoms with Gasteiger partial charge in [0.05, 0.1) is 0 Å². The van der Waals surface area contributed by atoms with Crippen molar-refractivity contribution >= 4 is 23.4 Å². The van der Waals surface area contributed by atoms with Gasteiger partial charge in [-0.3, -0.25) is 4.90 Å². The van der Waals surface area contributed by atoms with Crippen molar-refractivity contribution in [1.29, 1.82) is 0 Å². The summed E-state index contributed by atoms with van der Waals surface area (Å²) in [5.41, 5.74) is 1.50. The molecule has 2 saturated heterocycles. The summed E-state index contributed by atoms with van der Waals surface area (Å²) in [5.74, 6) is 0. The topological polar surface area (TPSA) is 67.9 Å². The zero-order valence-electron chi connectivity index (χ0n) is 15.0. The highest BCUT2D eigenvalue weighted by molar-refractivity contribution is 5.95. The molecule has 2 fully saturated rings. The summed E-state index contributed by atoms with van der Waals surface area (Å²) in [7, 11) is 3.93. The summed E-state index contributed by atoms with van der Waals surface area (Å²) in [5, 5.41) is 5.77. The van der Waals surface area contributed by atoms with Crippen molar-refractivity contribution in [3.05, 3.63) is 24.3 Å². The van der Waals surface area contributed by atoms with Gasteiger partial charge in [0.25, 0.3) is 0 Å². The van der Waals surface area contributed by atoms with Crippen LogP contribution in [0.1, 0.15) is 19.3 Å². The highest BCUT2D eigenvalue weighted by Gasteiger charge is 2.26. The van der Waals surface area contributed by atoms with Crippen molar-refractivity contribution in [3.63, 3.8) is 0 Å². The van der Waals surface area contributed by atoms with Gasteiger partial charge in [-0.1, -0.05) is 6.07 Å². The Bertz CT molecular complexity index is 636. The van der Waals surface area contributed by atoms with Gasteiger partial charge in [-0.05, 0) is 51.1 Å². The summed E-state index contributed by atoms with van der Waals surface area (Å²) in [6, 6.07) is 7.76. The van der Waals surface area contributed by atoms with E-state index in [4.69, 9.17) is 0 Å². The molecule has 1 atom stereocenters. The number of nitrogens with one attached hydrogen (secondary N) is 2. The number of amides is 4. The predicted molar refractivity (Wildman–Crippen MR) is 99.1 cm³/mol. The van der Waals surface area contributed by atoms with Crippen LogP contribution in [-0.2, 0) is 0 Å². The third kappa shape index (κ3) is 4.22. The minimum Gasteiger partial charge on any atom is -0.338 e. The maximum Gasteiger partial charge on any atom is 0.324 e. The second-order valence-corrected chi connectivity index (χ2v) is 6.85. The molecule has 0 aromatic heterocycles. The van der Waals surface area contributed by atoms with Crippen molar-refractivity contribution < 1.29 is 9.59 Å². The normalized spacial score (nSPS) is 21.0. The summed E-state index contributed by atoms with van der Waals surface area (Å²) in [6.07, 6.45) is 3.42. The smallest absolute Gasteiger partial charge is 0.324 e. The SMILES string of the molecule is CN1CCN(c2cccc(NC(=O)NCC[C@H]3CCCN3C)c2)C1=O. The van der Waals surface area contributed by atoms with Crippen molar-refractivity contribution in [2.45, 2.75) is 25.3 Å². The number of nitrogens with zero attached hydrogens (tertiary/aromatic N) is 3. The average Bonchev–Trinajstić information content (AvgIpc) is 3.14. The highest BCUT2D eigenvalue weighted by atomic mass is 16.2. The Kier molecular flexibility index (Phi) is 5.43. The lowest BCUT2D eigenvalue weighted by Crippen LogP contribution is -2.34. The molecular formula is C18H27N5O2. The van der Waals surface area contributed by atoms with Crippen molar-refractivity contribution in [2.75, 3.05) is 50.5 Å². The van der Waals surface area contributed by atoms with E-state index in [0.29, 0.717) is 31.4 Å². The molecule has 4 amide bonds. The van der Waals surface area contributed by atoms with Gasteiger partial charge in [-0.15, -0.1) is 0 Å². The molecule has 1 aromatic rings. The predicted octanol–water partition coefficient (Wildman–Crippen LogP) is 2.16. The number of urea groups is 2. The van der Waals surface area contributed by atoms with E-state index < -0.39 is 0 Å². The molecule has 0 aliphatic carbocycles. The Morgan fingerprint density at radius 2 is 2.08 bits per heavy atom. The fourth-order valence-corrected chi connectivity index (χ4v) is 3.51. The zero-order valence-corrected chi connectivity index (χ0v) is 15.0. The first-order valence-electron chi connectivity index (χ1n) is 8.92. The molecule has 2 aliphatic rings. The van der Waals surface area contributed by atoms with E-state index in [0.717, 1.165) is 18.7 Å². The molecule has 0 radical (unpaired) electrons. The molecule has 1 aromatic carbocycles. The van der Waals surface area contributed by atoms with Crippen LogP contribution in [-0.4, -0.2) is 68.2 Å². The first-order chi connectivity index (χ1) is 12.0. The minimum absolute atomic E-state index is 0.0118. The van der Waals surface area contributed by atoms with Gasteiger partial charge in [0.1, 0.15) is 0 Å². The summed E-state index contributed by atoms with van der Waals surface area (Å²) in [4.78, 5) is 29.9. The number of carbonyl (C=O) groups excluding carboxylic acids is 2. The van der Waals surface area contributed by atoms with Crippen LogP contribution >= 0.6 is 0 Å². The van der Waals surface area contributed by atoms with Crippen LogP contribution < -0.4 is 15.5 Å². The number of likely N-dealkylation sites (N-methyl/N-ethyl adjacent to an activating group) is 1. The lowest BCUT2D eigenvalue weighted by Gasteiger charge is -2.19. The molecule has 3 rings (SSSR count). The molecule has 25 heavy (non-hydrogen) atoms. The van der Waals surface area contributed by atoms with Gasteiger partial charge in [0, 0.05) is 44.1 Å². The molecule has 2 aliphatic heterocycles. The van der Waals surface area contributed by atoms with Crippen LogP contribution in [0.25, 0.3) is 0 Å². The number of rotatable bonds is 5. The Morgan fingerprint density at radius 1 is 1.24 bits per heavy atom. The molecule has 7 heteroatoms. The number of carbonyl (C=O) groups is 2. The number of benzene rings is 1. The van der Waals surface area contributed by atoms with E-state index in [2.05, 4.69) is 22.6 Å². The molecule has 0 unspecified atom stereocenters. The second-order valence-electron chi connectivity index (χ2n) is 6.85. The molecule has 2 heterocycles. The number of hydrogen-bond acceptors (Lipinski definition) is 3. The van der Waals surface area contributed by atoms with Crippen molar-refractivity contribution in [1.82, 2.24) is 15.1 Å². The van der Waals surface area contributed by atoms with E-state index in [1.807, 2.05) is 24.3 Å². The van der Waals surface area contributed by atoms with Crippen LogP contribution in [0.5, 0.6) is 0 Å². The summed E-state index contributed by atoms with van der Waals surface area (Å²) in [6.45, 7) is 3.19. The Morgan fingerprint density at radius 3 is 2.76 bits per heavy atom. The quantitative estimate of drug-likeness (QED) is 0.859. The fraction of sp³-hybridized carbons (Fsp3) is 0.556. The largest absolute Gasteiger partial charge is 0.338 e. The monoisotopic (exact) mass is 345 g/mol. The maximum absolute atomic E-state index is 12.1. The first kappa shape index (κ1) is 17.5. The summed E-state index contributed by atoms with van der Waals surface area (Å²) < 4.78 is 0. The summed E-state index contributed by atoms with van der Waals surface area (Å²) >= 11 is 0. The molecule has 0 spiro atoms. The molecule has 7 nitrogen and oxygen atoms in total. The number of hydrogen-bond donors (Lipinski definition) is 2. The third-order valence-corrected chi connectivity index (χ3v) is 5.07. The van der Waals surface area contributed by atoms with Crippen molar-refractivity contribution in [2.24, 2.45) is 0 Å². The van der Waals surface area contributed by atoms with Crippen LogP contribution in [0.2, 0.25) is 0 Å². The second kappa shape index (κ2) is 7.74. The lowest BCUT2D eigenvalue weighted by molar-refractivity contribution is 0.229. The fourth-order valence-electron chi connectivity index (χ4n) is 3.51. The molecule has 0 saturated carbocycles. The van der Waals surface area contributed by atoms with Crippen LogP contribution in [0, 0.1) is 0 Å².